The van der Waals surface area contributed by atoms with Gasteiger partial charge in [0.25, 0.3) is 5.91 Å². The highest BCUT2D eigenvalue weighted by atomic mass is 16.2. The Balaban J connectivity index is 1.19. The standard InChI is InChI=1S/C29H32N4O2/c30-26-8-4-5-9-27(26)32-28(34)15-12-22-10-13-25(14-11-22)29(35)31-20-23-16-18-33(19-17-23)21-24-6-2-1-3-7-24/h1-15,23H,16-21,30H2,(H,31,35)(H,32,34). The number of carbonyl (C=O) groups is 2. The molecule has 0 saturated carbocycles. The number of nitrogens with zero attached hydrogens (tertiary/aromatic N) is 1. The molecular weight excluding hydrogens is 436 g/mol. The first-order chi connectivity index (χ1) is 17.1. The van der Waals surface area contributed by atoms with Crippen molar-refractivity contribution in [1.29, 1.82) is 0 Å². The third kappa shape index (κ3) is 7.29. The molecule has 4 N–H and O–H groups in total. The summed E-state index contributed by atoms with van der Waals surface area (Å²) in [4.78, 5) is 27.2. The van der Waals surface area contributed by atoms with E-state index in [9.17, 15) is 9.59 Å². The molecule has 2 amide bonds. The summed E-state index contributed by atoms with van der Waals surface area (Å²) in [5.41, 5.74) is 9.74. The van der Waals surface area contributed by atoms with Gasteiger partial charge >= 0.3 is 0 Å². The van der Waals surface area contributed by atoms with Crippen LogP contribution in [0.15, 0.2) is 84.9 Å². The molecule has 35 heavy (non-hydrogen) atoms. The molecular formula is C29H32N4O2. The Labute approximate surface area is 206 Å². The zero-order valence-electron chi connectivity index (χ0n) is 19.8. The minimum Gasteiger partial charge on any atom is -0.397 e. The Morgan fingerprint density at radius 3 is 2.31 bits per heavy atom. The fourth-order valence-corrected chi connectivity index (χ4v) is 4.23. The van der Waals surface area contributed by atoms with Gasteiger partial charge in [0.1, 0.15) is 0 Å². The van der Waals surface area contributed by atoms with E-state index in [0.717, 1.165) is 38.0 Å². The fourth-order valence-electron chi connectivity index (χ4n) is 4.23. The van der Waals surface area contributed by atoms with Crippen LogP contribution in [0.4, 0.5) is 11.4 Å². The van der Waals surface area contributed by atoms with Gasteiger partial charge in [-0.25, -0.2) is 0 Å². The molecule has 1 aliphatic rings. The number of benzene rings is 3. The maximum absolute atomic E-state index is 12.6. The fraction of sp³-hybridized carbons (Fsp3) is 0.241. The molecule has 1 aliphatic heterocycles. The van der Waals surface area contributed by atoms with Crippen molar-refractivity contribution < 1.29 is 9.59 Å². The molecule has 1 fully saturated rings. The molecule has 0 aliphatic carbocycles. The number of piperidine rings is 1. The van der Waals surface area contributed by atoms with Crippen LogP contribution in [0.2, 0.25) is 0 Å². The molecule has 1 heterocycles. The maximum atomic E-state index is 12.6. The lowest BCUT2D eigenvalue weighted by molar-refractivity contribution is -0.111. The van der Waals surface area contributed by atoms with Gasteiger partial charge in [-0.3, -0.25) is 14.5 Å². The molecule has 1 saturated heterocycles. The van der Waals surface area contributed by atoms with Crippen molar-refractivity contribution in [2.45, 2.75) is 19.4 Å². The van der Waals surface area contributed by atoms with E-state index in [4.69, 9.17) is 5.73 Å². The van der Waals surface area contributed by atoms with Crippen LogP contribution < -0.4 is 16.4 Å². The summed E-state index contributed by atoms with van der Waals surface area (Å²) in [5.74, 6) is 0.175. The number of hydrogen-bond donors (Lipinski definition) is 3. The van der Waals surface area contributed by atoms with Gasteiger partial charge in [-0.2, -0.15) is 0 Å². The van der Waals surface area contributed by atoms with Crippen LogP contribution in [0.1, 0.15) is 34.3 Å². The Hall–Kier alpha value is -3.90. The van der Waals surface area contributed by atoms with E-state index in [-0.39, 0.29) is 11.8 Å². The van der Waals surface area contributed by atoms with Crippen LogP contribution in [0, 0.1) is 5.92 Å². The van der Waals surface area contributed by atoms with Gasteiger partial charge < -0.3 is 16.4 Å². The first-order valence-corrected chi connectivity index (χ1v) is 12.0. The Morgan fingerprint density at radius 2 is 1.60 bits per heavy atom. The number of nitrogen functional groups attached to an aromatic ring is 1. The van der Waals surface area contributed by atoms with Gasteiger partial charge in [-0.1, -0.05) is 54.6 Å². The van der Waals surface area contributed by atoms with Crippen LogP contribution in [-0.4, -0.2) is 36.3 Å². The Kier molecular flexibility index (Phi) is 8.30. The molecule has 0 atom stereocenters. The molecule has 6 nitrogen and oxygen atoms in total. The number of nitrogens with two attached hydrogens (primary N) is 1. The van der Waals surface area contributed by atoms with Gasteiger partial charge in [-0.15, -0.1) is 0 Å². The van der Waals surface area contributed by atoms with Crippen molar-refractivity contribution in [2.75, 3.05) is 30.7 Å². The maximum Gasteiger partial charge on any atom is 0.251 e. The number of para-hydroxylation sites is 2. The summed E-state index contributed by atoms with van der Waals surface area (Å²) < 4.78 is 0. The van der Waals surface area contributed by atoms with Crippen molar-refractivity contribution in [3.8, 4) is 0 Å². The monoisotopic (exact) mass is 468 g/mol. The lowest BCUT2D eigenvalue weighted by atomic mass is 9.96. The largest absolute Gasteiger partial charge is 0.397 e. The highest BCUT2D eigenvalue weighted by Gasteiger charge is 2.20. The van der Waals surface area contributed by atoms with Crippen molar-refractivity contribution in [3.05, 3.63) is 102 Å². The van der Waals surface area contributed by atoms with Crippen molar-refractivity contribution in [2.24, 2.45) is 5.92 Å². The van der Waals surface area contributed by atoms with Crippen LogP contribution in [0.25, 0.3) is 6.08 Å². The van der Waals surface area contributed by atoms with E-state index >= 15 is 0 Å². The molecule has 0 bridgehead atoms. The van der Waals surface area contributed by atoms with E-state index in [1.54, 1.807) is 30.3 Å². The minimum atomic E-state index is -0.264. The lowest BCUT2D eigenvalue weighted by Gasteiger charge is -2.32. The van der Waals surface area contributed by atoms with Gasteiger partial charge in [0.2, 0.25) is 5.91 Å². The van der Waals surface area contributed by atoms with E-state index < -0.39 is 0 Å². The van der Waals surface area contributed by atoms with E-state index in [1.165, 1.54) is 11.6 Å². The van der Waals surface area contributed by atoms with Gasteiger partial charge in [0, 0.05) is 24.7 Å². The predicted octanol–water partition coefficient (Wildman–Crippen LogP) is 4.56. The summed E-state index contributed by atoms with van der Waals surface area (Å²) in [6.45, 7) is 3.80. The van der Waals surface area contributed by atoms with E-state index in [0.29, 0.717) is 29.4 Å². The van der Waals surface area contributed by atoms with E-state index in [1.807, 2.05) is 30.3 Å². The van der Waals surface area contributed by atoms with Gasteiger partial charge in [0.15, 0.2) is 0 Å². The second-order valence-electron chi connectivity index (χ2n) is 8.95. The molecule has 0 aromatic heterocycles. The highest BCUT2D eigenvalue weighted by molar-refractivity contribution is 6.03. The first kappa shape index (κ1) is 24.2. The third-order valence-electron chi connectivity index (χ3n) is 6.33. The minimum absolute atomic E-state index is 0.0652. The molecule has 0 unspecified atom stereocenters. The predicted molar refractivity (Wildman–Crippen MR) is 142 cm³/mol. The summed E-state index contributed by atoms with van der Waals surface area (Å²) in [5, 5.41) is 5.84. The van der Waals surface area contributed by atoms with Gasteiger partial charge in [-0.05, 0) is 73.3 Å². The number of rotatable bonds is 8. The molecule has 4 rings (SSSR count). The Bertz CT molecular complexity index is 1150. The molecule has 0 radical (unpaired) electrons. The normalized spacial score (nSPS) is 14.6. The number of likely N-dealkylation sites (tertiary alicyclic amines) is 1. The van der Waals surface area contributed by atoms with Crippen LogP contribution in [-0.2, 0) is 11.3 Å². The van der Waals surface area contributed by atoms with Gasteiger partial charge in [0.05, 0.1) is 11.4 Å². The number of anilines is 2. The van der Waals surface area contributed by atoms with E-state index in [2.05, 4.69) is 39.8 Å². The number of nitrogens with one attached hydrogen (secondary N) is 2. The lowest BCUT2D eigenvalue weighted by Crippen LogP contribution is -2.38. The average Bonchev–Trinajstić information content (AvgIpc) is 2.89. The summed E-state index contributed by atoms with van der Waals surface area (Å²) in [6, 6.07) is 24.9. The molecule has 6 heteroatoms. The number of carbonyl (C=O) groups excluding carboxylic acids is 2. The van der Waals surface area contributed by atoms with Crippen LogP contribution in [0.3, 0.4) is 0 Å². The van der Waals surface area contributed by atoms with Crippen molar-refractivity contribution in [3.63, 3.8) is 0 Å². The number of hydrogen-bond acceptors (Lipinski definition) is 4. The van der Waals surface area contributed by atoms with Crippen molar-refractivity contribution >= 4 is 29.3 Å². The number of amides is 2. The molecule has 3 aromatic rings. The summed E-state index contributed by atoms with van der Waals surface area (Å²) >= 11 is 0. The highest BCUT2D eigenvalue weighted by Crippen LogP contribution is 2.19. The first-order valence-electron chi connectivity index (χ1n) is 12.0. The van der Waals surface area contributed by atoms with Crippen LogP contribution >= 0.6 is 0 Å². The zero-order valence-corrected chi connectivity index (χ0v) is 19.8. The third-order valence-corrected chi connectivity index (χ3v) is 6.33. The quantitative estimate of drug-likeness (QED) is 0.334. The molecule has 180 valence electrons. The average molecular weight is 469 g/mol. The summed E-state index contributed by atoms with van der Waals surface area (Å²) in [6.07, 6.45) is 5.34. The Morgan fingerprint density at radius 1 is 0.914 bits per heavy atom. The van der Waals surface area contributed by atoms with Crippen LogP contribution in [0.5, 0.6) is 0 Å². The smallest absolute Gasteiger partial charge is 0.251 e. The molecule has 3 aromatic carbocycles. The zero-order chi connectivity index (χ0) is 24.5. The van der Waals surface area contributed by atoms with Crippen molar-refractivity contribution in [1.82, 2.24) is 10.2 Å². The SMILES string of the molecule is Nc1ccccc1NC(=O)C=Cc1ccc(C(=O)NCC2CCN(Cc3ccccc3)CC2)cc1. The second kappa shape index (κ2) is 12.0. The molecule has 0 spiro atoms. The topological polar surface area (TPSA) is 87.5 Å². The summed E-state index contributed by atoms with van der Waals surface area (Å²) in [7, 11) is 0. The second-order valence-corrected chi connectivity index (χ2v) is 8.95.